The molecule has 3 saturated carbocycles. The molecule has 26 heavy (non-hydrogen) atoms. The molecular weight excluding hydrogens is 337 g/mol. The second kappa shape index (κ2) is 5.86. The normalized spacial score (nSPS) is 48.2. The van der Waals surface area contributed by atoms with Gasteiger partial charge in [0.15, 0.2) is 0 Å². The van der Waals surface area contributed by atoms with E-state index in [2.05, 4.69) is 26.5 Å². The molecule has 0 aliphatic heterocycles. The van der Waals surface area contributed by atoms with E-state index in [9.17, 15) is 18.3 Å². The first-order valence-electron chi connectivity index (χ1n) is 10.2. The lowest BCUT2D eigenvalue weighted by Gasteiger charge is -2.58. The van der Waals surface area contributed by atoms with E-state index in [0.29, 0.717) is 24.2 Å². The minimum absolute atomic E-state index is 0.141. The number of allylic oxidation sites excluding steroid dienone is 2. The van der Waals surface area contributed by atoms with Crippen molar-refractivity contribution in [2.24, 2.45) is 34.5 Å². The molecule has 3 fully saturated rings. The van der Waals surface area contributed by atoms with Crippen LogP contribution >= 0.6 is 0 Å². The number of fused-ring (bicyclic) bond motifs is 5. The summed E-state index contributed by atoms with van der Waals surface area (Å²) in [5, 5.41) is 10.1. The maximum Gasteiger partial charge on any atom is 0.412 e. The number of alkyl halides is 3. The highest BCUT2D eigenvalue weighted by atomic mass is 19.4. The quantitative estimate of drug-likeness (QED) is 0.559. The van der Waals surface area contributed by atoms with Gasteiger partial charge < -0.3 is 5.11 Å². The van der Waals surface area contributed by atoms with E-state index < -0.39 is 17.7 Å². The van der Waals surface area contributed by atoms with Crippen LogP contribution in [-0.4, -0.2) is 17.4 Å². The summed E-state index contributed by atoms with van der Waals surface area (Å²) in [5.74, 6) is 1.00. The molecule has 0 aromatic heterocycles. The monoisotopic (exact) mass is 368 g/mol. The highest BCUT2D eigenvalue weighted by Crippen LogP contribution is 2.67. The first-order chi connectivity index (χ1) is 12.1. The fourth-order valence-electron chi connectivity index (χ4n) is 7.41. The molecule has 0 spiro atoms. The van der Waals surface area contributed by atoms with Crippen molar-refractivity contribution in [2.75, 3.05) is 0 Å². The van der Waals surface area contributed by atoms with Crippen LogP contribution in [0.25, 0.3) is 0 Å². The standard InChI is InChI=1S/C22H31F3O/c1-13(22(23,24)25)17-6-7-18-16-5-4-14-12-15(26)8-10-20(14,2)19(16)9-11-21(17,18)3/h4,15-19,26H,1,5-12H2,2-3H3. The average molecular weight is 368 g/mol. The Morgan fingerprint density at radius 3 is 2.54 bits per heavy atom. The highest BCUT2D eigenvalue weighted by Gasteiger charge is 2.60. The second-order valence-electron chi connectivity index (χ2n) is 9.85. The zero-order valence-electron chi connectivity index (χ0n) is 15.9. The van der Waals surface area contributed by atoms with Crippen molar-refractivity contribution in [3.05, 3.63) is 23.8 Å². The molecule has 0 radical (unpaired) electrons. The highest BCUT2D eigenvalue weighted by molar-refractivity contribution is 5.26. The van der Waals surface area contributed by atoms with Crippen LogP contribution < -0.4 is 0 Å². The van der Waals surface area contributed by atoms with E-state index >= 15 is 0 Å². The first-order valence-corrected chi connectivity index (χ1v) is 10.2. The van der Waals surface area contributed by atoms with Gasteiger partial charge in [-0.3, -0.25) is 0 Å². The molecule has 4 aliphatic rings. The molecule has 0 aromatic rings. The van der Waals surface area contributed by atoms with Crippen LogP contribution in [0.2, 0.25) is 0 Å². The van der Waals surface area contributed by atoms with Crippen LogP contribution in [0.1, 0.15) is 65.2 Å². The number of hydrogen-bond acceptors (Lipinski definition) is 1. The summed E-state index contributed by atoms with van der Waals surface area (Å²) in [4.78, 5) is 0. The lowest BCUT2D eigenvalue weighted by Crippen LogP contribution is -2.50. The van der Waals surface area contributed by atoms with Crippen molar-refractivity contribution in [2.45, 2.75) is 77.5 Å². The summed E-state index contributed by atoms with van der Waals surface area (Å²) in [7, 11) is 0. The molecule has 4 heteroatoms. The van der Waals surface area contributed by atoms with E-state index in [4.69, 9.17) is 0 Å². The fraction of sp³-hybridized carbons (Fsp3) is 0.818. The van der Waals surface area contributed by atoms with Gasteiger partial charge in [0.1, 0.15) is 0 Å². The molecule has 7 atom stereocenters. The smallest absolute Gasteiger partial charge is 0.393 e. The largest absolute Gasteiger partial charge is 0.412 e. The molecule has 0 aromatic carbocycles. The number of aliphatic hydroxyl groups excluding tert-OH is 1. The molecule has 0 bridgehead atoms. The van der Waals surface area contributed by atoms with Gasteiger partial charge in [-0.25, -0.2) is 0 Å². The molecule has 1 nitrogen and oxygen atoms in total. The van der Waals surface area contributed by atoms with Gasteiger partial charge in [0.25, 0.3) is 0 Å². The van der Waals surface area contributed by atoms with Gasteiger partial charge in [0.2, 0.25) is 0 Å². The zero-order chi connectivity index (χ0) is 18.9. The third-order valence-electron chi connectivity index (χ3n) is 8.86. The SMILES string of the molecule is C=C(C1CCC2C3CC=C4CC(O)CCC4(C)C3CCC12C)C(F)(F)F. The van der Waals surface area contributed by atoms with Crippen LogP contribution in [0, 0.1) is 34.5 Å². The van der Waals surface area contributed by atoms with E-state index in [0.717, 1.165) is 44.9 Å². The van der Waals surface area contributed by atoms with E-state index in [-0.39, 0.29) is 16.9 Å². The predicted octanol–water partition coefficient (Wildman–Crippen LogP) is 6.04. The summed E-state index contributed by atoms with van der Waals surface area (Å²) in [6.45, 7) is 7.93. The Hall–Kier alpha value is -0.770. The third kappa shape index (κ3) is 2.54. The third-order valence-corrected chi connectivity index (χ3v) is 8.86. The molecule has 146 valence electrons. The number of rotatable bonds is 1. The summed E-state index contributed by atoms with van der Waals surface area (Å²) < 4.78 is 40.0. The van der Waals surface area contributed by atoms with Crippen molar-refractivity contribution < 1.29 is 18.3 Å². The van der Waals surface area contributed by atoms with E-state index in [1.165, 1.54) is 5.57 Å². The number of aliphatic hydroxyl groups is 1. The van der Waals surface area contributed by atoms with Gasteiger partial charge in [-0.1, -0.05) is 32.1 Å². The second-order valence-corrected chi connectivity index (χ2v) is 9.85. The van der Waals surface area contributed by atoms with Crippen molar-refractivity contribution in [3.8, 4) is 0 Å². The minimum atomic E-state index is -4.27. The van der Waals surface area contributed by atoms with Crippen LogP contribution in [0.5, 0.6) is 0 Å². The molecule has 0 heterocycles. The molecule has 7 unspecified atom stereocenters. The van der Waals surface area contributed by atoms with Crippen LogP contribution in [0.3, 0.4) is 0 Å². The summed E-state index contributed by atoms with van der Waals surface area (Å²) in [6, 6.07) is 0. The Balaban J connectivity index is 1.63. The molecule has 4 aliphatic carbocycles. The van der Waals surface area contributed by atoms with Gasteiger partial charge >= 0.3 is 6.18 Å². The Kier molecular flexibility index (Phi) is 4.19. The van der Waals surface area contributed by atoms with Crippen molar-refractivity contribution in [1.29, 1.82) is 0 Å². The molecule has 1 N–H and O–H groups in total. The first kappa shape index (κ1) is 18.6. The lowest BCUT2D eigenvalue weighted by molar-refractivity contribution is -0.111. The van der Waals surface area contributed by atoms with Gasteiger partial charge in [-0.2, -0.15) is 13.2 Å². The maximum absolute atomic E-state index is 13.3. The number of halogens is 3. The summed E-state index contributed by atoms with van der Waals surface area (Å²) >= 11 is 0. The predicted molar refractivity (Wildman–Crippen MR) is 96.4 cm³/mol. The molecule has 0 saturated heterocycles. The van der Waals surface area contributed by atoms with Crippen molar-refractivity contribution in [3.63, 3.8) is 0 Å². The van der Waals surface area contributed by atoms with Gasteiger partial charge in [-0.15, -0.1) is 0 Å². The van der Waals surface area contributed by atoms with E-state index in [1.54, 1.807) is 0 Å². The Bertz CT molecular complexity index is 636. The summed E-state index contributed by atoms with van der Waals surface area (Å²) in [5.41, 5.74) is 0.794. The Labute approximate surface area is 154 Å². The van der Waals surface area contributed by atoms with Gasteiger partial charge in [0, 0.05) is 5.57 Å². The van der Waals surface area contributed by atoms with Gasteiger partial charge in [0.05, 0.1) is 6.10 Å². The van der Waals surface area contributed by atoms with E-state index in [1.807, 2.05) is 0 Å². The lowest BCUT2D eigenvalue weighted by atomic mass is 9.47. The molecule has 4 rings (SSSR count). The van der Waals surface area contributed by atoms with Crippen molar-refractivity contribution >= 4 is 0 Å². The molecule has 0 amide bonds. The van der Waals surface area contributed by atoms with Gasteiger partial charge in [-0.05, 0) is 85.9 Å². The Morgan fingerprint density at radius 1 is 1.12 bits per heavy atom. The summed E-state index contributed by atoms with van der Waals surface area (Å²) in [6.07, 6.45) is 4.91. The minimum Gasteiger partial charge on any atom is -0.393 e. The number of hydrogen-bond donors (Lipinski definition) is 1. The Morgan fingerprint density at radius 2 is 1.85 bits per heavy atom. The van der Waals surface area contributed by atoms with Crippen LogP contribution in [0.15, 0.2) is 23.8 Å². The average Bonchev–Trinajstić information content (AvgIpc) is 2.91. The maximum atomic E-state index is 13.3. The molecular formula is C22H31F3O. The van der Waals surface area contributed by atoms with Crippen LogP contribution in [0.4, 0.5) is 13.2 Å². The fourth-order valence-corrected chi connectivity index (χ4v) is 7.41. The van der Waals surface area contributed by atoms with Crippen molar-refractivity contribution in [1.82, 2.24) is 0 Å². The topological polar surface area (TPSA) is 20.2 Å². The zero-order valence-corrected chi connectivity index (χ0v) is 15.9. The van der Waals surface area contributed by atoms with Crippen LogP contribution in [-0.2, 0) is 0 Å².